The largest absolute Gasteiger partial charge is 0.378 e. The van der Waals surface area contributed by atoms with Gasteiger partial charge in [-0.2, -0.15) is 0 Å². The zero-order chi connectivity index (χ0) is 15.1. The van der Waals surface area contributed by atoms with E-state index in [-0.39, 0.29) is 0 Å². The van der Waals surface area contributed by atoms with E-state index in [2.05, 4.69) is 55.3 Å². The van der Waals surface area contributed by atoms with E-state index in [1.54, 1.807) is 0 Å². The summed E-state index contributed by atoms with van der Waals surface area (Å²) in [5.41, 5.74) is 2.81. The Balaban J connectivity index is 2.06. The minimum Gasteiger partial charge on any atom is -0.378 e. The number of hydrogen-bond donors (Lipinski definition) is 1. The molecule has 2 atom stereocenters. The van der Waals surface area contributed by atoms with Crippen LogP contribution in [0.1, 0.15) is 44.4 Å². The molecular weight excluding hydrogens is 260 g/mol. The first-order valence-electron chi connectivity index (χ1n) is 8.42. The van der Waals surface area contributed by atoms with Crippen LogP contribution in [0.15, 0.2) is 24.3 Å². The predicted molar refractivity (Wildman–Crippen MR) is 88.7 cm³/mol. The zero-order valence-electron chi connectivity index (χ0n) is 13.8. The van der Waals surface area contributed by atoms with Gasteiger partial charge in [-0.15, -0.1) is 0 Å². The minimum atomic E-state index is 0.410. The Morgan fingerprint density at radius 1 is 1.24 bits per heavy atom. The Bertz CT molecular complexity index is 404. The number of ether oxygens (including phenoxy) is 1. The highest BCUT2D eigenvalue weighted by Crippen LogP contribution is 2.19. The maximum atomic E-state index is 5.62. The van der Waals surface area contributed by atoms with Crippen LogP contribution < -0.4 is 5.32 Å². The highest BCUT2D eigenvalue weighted by molar-refractivity contribution is 5.25. The Labute approximate surface area is 129 Å². The number of hydrogen-bond acceptors (Lipinski definition) is 3. The van der Waals surface area contributed by atoms with E-state index in [0.717, 1.165) is 45.7 Å². The molecule has 0 aromatic heterocycles. The highest BCUT2D eigenvalue weighted by Gasteiger charge is 2.24. The van der Waals surface area contributed by atoms with E-state index in [1.165, 1.54) is 11.1 Å². The molecule has 1 aromatic carbocycles. The van der Waals surface area contributed by atoms with Gasteiger partial charge in [0, 0.05) is 25.2 Å². The average Bonchev–Trinajstić information content (AvgIpc) is 2.55. The quantitative estimate of drug-likeness (QED) is 0.835. The van der Waals surface area contributed by atoms with Crippen molar-refractivity contribution < 1.29 is 4.74 Å². The van der Waals surface area contributed by atoms with Gasteiger partial charge in [0.05, 0.1) is 13.2 Å². The van der Waals surface area contributed by atoms with Crippen molar-refractivity contribution >= 4 is 0 Å². The normalized spacial score (nSPS) is 21.4. The van der Waals surface area contributed by atoms with Crippen molar-refractivity contribution in [1.82, 2.24) is 10.2 Å². The molecule has 118 valence electrons. The molecule has 3 nitrogen and oxygen atoms in total. The Morgan fingerprint density at radius 2 is 2.00 bits per heavy atom. The van der Waals surface area contributed by atoms with E-state index in [9.17, 15) is 0 Å². The molecule has 0 aliphatic carbocycles. The molecule has 0 amide bonds. The number of nitrogens with one attached hydrogen (secondary N) is 1. The lowest BCUT2D eigenvalue weighted by atomic mass is 10.0. The van der Waals surface area contributed by atoms with Gasteiger partial charge in [0.1, 0.15) is 0 Å². The summed E-state index contributed by atoms with van der Waals surface area (Å²) in [6, 6.07) is 10.1. The third-order valence-corrected chi connectivity index (χ3v) is 4.48. The van der Waals surface area contributed by atoms with Crippen molar-refractivity contribution in [1.29, 1.82) is 0 Å². The SMILES string of the molecule is CCNC(CN1CCOCC1CC)c1ccc(CC)cc1. The van der Waals surface area contributed by atoms with Crippen LogP contribution in [0.5, 0.6) is 0 Å². The number of morpholine rings is 1. The van der Waals surface area contributed by atoms with E-state index in [1.807, 2.05) is 0 Å². The highest BCUT2D eigenvalue weighted by atomic mass is 16.5. The van der Waals surface area contributed by atoms with E-state index < -0.39 is 0 Å². The molecule has 3 heteroatoms. The Kier molecular flexibility index (Phi) is 6.68. The minimum absolute atomic E-state index is 0.410. The van der Waals surface area contributed by atoms with Gasteiger partial charge in [-0.3, -0.25) is 4.90 Å². The molecule has 1 saturated heterocycles. The van der Waals surface area contributed by atoms with Crippen LogP contribution in [0.25, 0.3) is 0 Å². The lowest BCUT2D eigenvalue weighted by molar-refractivity contribution is -0.0126. The second-order valence-corrected chi connectivity index (χ2v) is 5.84. The van der Waals surface area contributed by atoms with Gasteiger partial charge < -0.3 is 10.1 Å². The van der Waals surface area contributed by atoms with E-state index in [4.69, 9.17) is 4.74 Å². The number of benzene rings is 1. The molecule has 0 bridgehead atoms. The summed E-state index contributed by atoms with van der Waals surface area (Å²) >= 11 is 0. The average molecular weight is 290 g/mol. The van der Waals surface area contributed by atoms with Crippen molar-refractivity contribution in [3.63, 3.8) is 0 Å². The van der Waals surface area contributed by atoms with Crippen LogP contribution in [0.4, 0.5) is 0 Å². The van der Waals surface area contributed by atoms with Gasteiger partial charge in [0.2, 0.25) is 0 Å². The monoisotopic (exact) mass is 290 g/mol. The predicted octanol–water partition coefficient (Wildman–Crippen LogP) is 3.01. The number of aryl methyl sites for hydroxylation is 1. The Hall–Kier alpha value is -0.900. The first-order chi connectivity index (χ1) is 10.3. The molecule has 1 heterocycles. The topological polar surface area (TPSA) is 24.5 Å². The summed E-state index contributed by atoms with van der Waals surface area (Å²) in [5.74, 6) is 0. The summed E-state index contributed by atoms with van der Waals surface area (Å²) in [6.07, 6.45) is 2.27. The van der Waals surface area contributed by atoms with Crippen LogP contribution in [0.2, 0.25) is 0 Å². The molecule has 1 aromatic rings. The molecule has 0 radical (unpaired) electrons. The Morgan fingerprint density at radius 3 is 2.62 bits per heavy atom. The molecule has 1 aliphatic heterocycles. The molecule has 2 rings (SSSR count). The fourth-order valence-electron chi connectivity index (χ4n) is 3.06. The third-order valence-electron chi connectivity index (χ3n) is 4.48. The first kappa shape index (κ1) is 16.5. The molecule has 1 fully saturated rings. The number of rotatable bonds is 7. The summed E-state index contributed by atoms with van der Waals surface area (Å²) in [4.78, 5) is 2.59. The zero-order valence-corrected chi connectivity index (χ0v) is 13.8. The second kappa shape index (κ2) is 8.52. The van der Waals surface area contributed by atoms with Gasteiger partial charge in [-0.25, -0.2) is 0 Å². The molecule has 1 N–H and O–H groups in total. The summed E-state index contributed by atoms with van der Waals surface area (Å²) in [5, 5.41) is 3.65. The smallest absolute Gasteiger partial charge is 0.0622 e. The van der Waals surface area contributed by atoms with Crippen LogP contribution in [-0.4, -0.2) is 43.8 Å². The van der Waals surface area contributed by atoms with Gasteiger partial charge in [-0.05, 0) is 30.5 Å². The van der Waals surface area contributed by atoms with Gasteiger partial charge in [0.25, 0.3) is 0 Å². The summed E-state index contributed by atoms with van der Waals surface area (Å²) < 4.78 is 5.62. The molecule has 0 saturated carbocycles. The van der Waals surface area contributed by atoms with E-state index >= 15 is 0 Å². The molecular formula is C18H30N2O. The second-order valence-electron chi connectivity index (χ2n) is 5.84. The maximum absolute atomic E-state index is 5.62. The third kappa shape index (κ3) is 4.53. The summed E-state index contributed by atoms with van der Waals surface area (Å²) in [6.45, 7) is 11.5. The number of likely N-dealkylation sites (N-methyl/N-ethyl adjacent to an activating group) is 1. The summed E-state index contributed by atoms with van der Waals surface area (Å²) in [7, 11) is 0. The van der Waals surface area contributed by atoms with Gasteiger partial charge in [0.15, 0.2) is 0 Å². The fraction of sp³-hybridized carbons (Fsp3) is 0.667. The first-order valence-corrected chi connectivity index (χ1v) is 8.42. The van der Waals surface area contributed by atoms with Gasteiger partial charge in [-0.1, -0.05) is 45.0 Å². The van der Waals surface area contributed by atoms with Gasteiger partial charge >= 0.3 is 0 Å². The maximum Gasteiger partial charge on any atom is 0.0622 e. The fourth-order valence-corrected chi connectivity index (χ4v) is 3.06. The van der Waals surface area contributed by atoms with Crippen molar-refractivity contribution in [2.24, 2.45) is 0 Å². The molecule has 21 heavy (non-hydrogen) atoms. The standard InChI is InChI=1S/C18H30N2O/c1-4-15-7-9-16(10-8-15)18(19-6-3)13-20-11-12-21-14-17(20)5-2/h7-10,17-19H,4-6,11-14H2,1-3H3. The lowest BCUT2D eigenvalue weighted by Crippen LogP contribution is -2.48. The van der Waals surface area contributed by atoms with Crippen LogP contribution in [-0.2, 0) is 11.2 Å². The molecule has 2 unspecified atom stereocenters. The number of nitrogens with zero attached hydrogens (tertiary/aromatic N) is 1. The van der Waals surface area contributed by atoms with Crippen LogP contribution in [0.3, 0.4) is 0 Å². The van der Waals surface area contributed by atoms with Crippen LogP contribution in [0, 0.1) is 0 Å². The lowest BCUT2D eigenvalue weighted by Gasteiger charge is -2.37. The van der Waals surface area contributed by atoms with Crippen molar-refractivity contribution in [3.05, 3.63) is 35.4 Å². The van der Waals surface area contributed by atoms with Crippen molar-refractivity contribution in [2.45, 2.75) is 45.7 Å². The van der Waals surface area contributed by atoms with Crippen molar-refractivity contribution in [2.75, 3.05) is 32.8 Å². The van der Waals surface area contributed by atoms with Crippen molar-refractivity contribution in [3.8, 4) is 0 Å². The molecule has 1 aliphatic rings. The van der Waals surface area contributed by atoms with E-state index in [0.29, 0.717) is 12.1 Å². The van der Waals surface area contributed by atoms with Crippen LogP contribution >= 0.6 is 0 Å². The molecule has 0 spiro atoms.